The van der Waals surface area contributed by atoms with Gasteiger partial charge in [0.25, 0.3) is 0 Å². The molecule has 0 bridgehead atoms. The lowest BCUT2D eigenvalue weighted by atomic mass is 10.1. The first-order chi connectivity index (χ1) is 11.3. The van der Waals surface area contributed by atoms with E-state index in [1.54, 1.807) is 24.3 Å². The van der Waals surface area contributed by atoms with Gasteiger partial charge in [-0.3, -0.25) is 0 Å². The van der Waals surface area contributed by atoms with Crippen LogP contribution in [-0.2, 0) is 15.7 Å². The molecule has 0 spiro atoms. The highest BCUT2D eigenvalue weighted by molar-refractivity contribution is 6.43. The predicted molar refractivity (Wildman–Crippen MR) is 82.7 cm³/mol. The Morgan fingerprint density at radius 3 is 2.00 bits per heavy atom. The number of nitrogens with zero attached hydrogens (tertiary/aromatic N) is 1. The van der Waals surface area contributed by atoms with Crippen LogP contribution in [0.1, 0.15) is 11.1 Å². The molecule has 0 atom stereocenters. The number of hydrogen-bond donors (Lipinski definition) is 0. The molecule has 0 aromatic heterocycles. The number of halogens is 3. The lowest BCUT2D eigenvalue weighted by Crippen LogP contribution is -2.17. The lowest BCUT2D eigenvalue weighted by molar-refractivity contribution is -0.137. The summed E-state index contributed by atoms with van der Waals surface area (Å²) in [4.78, 5) is 16.1. The summed E-state index contributed by atoms with van der Waals surface area (Å²) in [6.07, 6.45) is -4.45. The van der Waals surface area contributed by atoms with Crippen molar-refractivity contribution in [3.63, 3.8) is 0 Å². The molecule has 0 amide bonds. The van der Waals surface area contributed by atoms with Crippen LogP contribution in [0.25, 0.3) is 0 Å². The van der Waals surface area contributed by atoms with Gasteiger partial charge in [0.1, 0.15) is 5.75 Å². The number of carbonyl (C=O) groups excluding carboxylic acids is 1. The minimum Gasteiger partial charge on any atom is -0.497 e. The average Bonchev–Trinajstić information content (AvgIpc) is 2.59. The smallest absolute Gasteiger partial charge is 0.416 e. The molecule has 24 heavy (non-hydrogen) atoms. The Labute approximate surface area is 136 Å². The summed E-state index contributed by atoms with van der Waals surface area (Å²) in [5.74, 6) is -0.131. The van der Waals surface area contributed by atoms with E-state index in [2.05, 4.69) is 9.73 Å². The van der Waals surface area contributed by atoms with E-state index >= 15 is 0 Å². The molecule has 0 aliphatic rings. The molecule has 4 nitrogen and oxygen atoms in total. The second kappa shape index (κ2) is 7.16. The van der Waals surface area contributed by atoms with Crippen molar-refractivity contribution < 1.29 is 27.4 Å². The van der Waals surface area contributed by atoms with E-state index in [1.807, 2.05) is 0 Å². The summed E-state index contributed by atoms with van der Waals surface area (Å²) >= 11 is 0. The van der Waals surface area contributed by atoms with Crippen LogP contribution in [0.4, 0.5) is 18.9 Å². The van der Waals surface area contributed by atoms with Gasteiger partial charge >= 0.3 is 12.1 Å². The predicted octanol–water partition coefficient (Wildman–Crippen LogP) is 4.01. The van der Waals surface area contributed by atoms with Crippen molar-refractivity contribution in [2.24, 2.45) is 4.99 Å². The van der Waals surface area contributed by atoms with Crippen LogP contribution in [0.15, 0.2) is 53.5 Å². The number of methoxy groups -OCH3 is 2. The zero-order valence-corrected chi connectivity index (χ0v) is 12.9. The molecule has 126 valence electrons. The second-order valence-corrected chi connectivity index (χ2v) is 4.73. The van der Waals surface area contributed by atoms with Crippen LogP contribution < -0.4 is 4.74 Å². The molecule has 0 saturated carbocycles. The molecule has 0 heterocycles. The van der Waals surface area contributed by atoms with Gasteiger partial charge in [0, 0.05) is 5.56 Å². The van der Waals surface area contributed by atoms with E-state index in [0.717, 1.165) is 12.1 Å². The summed E-state index contributed by atoms with van der Waals surface area (Å²) in [6, 6.07) is 10.7. The molecule has 0 aliphatic heterocycles. The molecule has 2 aromatic rings. The molecule has 2 aromatic carbocycles. The maximum Gasteiger partial charge on any atom is 0.416 e. The molecule has 0 fully saturated rings. The van der Waals surface area contributed by atoms with Crippen molar-refractivity contribution in [1.29, 1.82) is 0 Å². The van der Waals surface area contributed by atoms with E-state index in [-0.39, 0.29) is 11.3 Å². The van der Waals surface area contributed by atoms with E-state index < -0.39 is 17.7 Å². The number of alkyl halides is 3. The van der Waals surface area contributed by atoms with Gasteiger partial charge in [0.05, 0.1) is 25.5 Å². The van der Waals surface area contributed by atoms with Crippen LogP contribution in [0.5, 0.6) is 5.75 Å². The molecule has 7 heteroatoms. The van der Waals surface area contributed by atoms with Gasteiger partial charge in [-0.15, -0.1) is 0 Å². The summed E-state index contributed by atoms with van der Waals surface area (Å²) in [7, 11) is 2.69. The largest absolute Gasteiger partial charge is 0.497 e. The van der Waals surface area contributed by atoms with Gasteiger partial charge < -0.3 is 9.47 Å². The normalized spacial score (nSPS) is 12.0. The van der Waals surface area contributed by atoms with Crippen molar-refractivity contribution in [3.8, 4) is 5.75 Å². The number of rotatable bonds is 4. The lowest BCUT2D eigenvalue weighted by Gasteiger charge is -2.09. The number of benzene rings is 2. The Morgan fingerprint density at radius 1 is 0.958 bits per heavy atom. The monoisotopic (exact) mass is 337 g/mol. The summed E-state index contributed by atoms with van der Waals surface area (Å²) in [5, 5.41) is 0. The molecule has 0 N–H and O–H groups in total. The quantitative estimate of drug-likeness (QED) is 0.626. The standard InChI is InChI=1S/C17H14F3NO3/c1-23-14-9-7-13(8-10-14)21-15(16(22)24-2)11-3-5-12(6-4-11)17(18,19)20/h3-10H,1-2H3. The Kier molecular flexibility index (Phi) is 5.23. The third-order valence-corrected chi connectivity index (χ3v) is 3.18. The van der Waals surface area contributed by atoms with Gasteiger partial charge in [0.2, 0.25) is 0 Å². The van der Waals surface area contributed by atoms with Crippen LogP contribution in [0.2, 0.25) is 0 Å². The highest BCUT2D eigenvalue weighted by atomic mass is 19.4. The van der Waals surface area contributed by atoms with Gasteiger partial charge in [-0.25, -0.2) is 9.79 Å². The van der Waals surface area contributed by atoms with E-state index in [4.69, 9.17) is 4.74 Å². The van der Waals surface area contributed by atoms with Crippen molar-refractivity contribution in [2.45, 2.75) is 6.18 Å². The molecule has 0 saturated heterocycles. The topological polar surface area (TPSA) is 47.9 Å². The minimum absolute atomic E-state index is 0.0867. The number of aliphatic imine (C=N–C) groups is 1. The number of hydrogen-bond acceptors (Lipinski definition) is 4. The van der Waals surface area contributed by atoms with Crippen LogP contribution >= 0.6 is 0 Å². The third kappa shape index (κ3) is 4.13. The molecular weight excluding hydrogens is 323 g/mol. The SMILES string of the molecule is COC(=O)C(=Nc1ccc(OC)cc1)c1ccc(C(F)(F)F)cc1. The third-order valence-electron chi connectivity index (χ3n) is 3.18. The number of ether oxygens (including phenoxy) is 2. The van der Waals surface area contributed by atoms with Gasteiger partial charge in [-0.1, -0.05) is 12.1 Å². The number of carbonyl (C=O) groups is 1. The van der Waals surface area contributed by atoms with E-state index in [0.29, 0.717) is 11.4 Å². The van der Waals surface area contributed by atoms with E-state index in [9.17, 15) is 18.0 Å². The molecule has 0 unspecified atom stereocenters. The highest BCUT2D eigenvalue weighted by Crippen LogP contribution is 2.29. The summed E-state index contributed by atoms with van der Waals surface area (Å²) in [5.41, 5.74) is -0.224. The van der Waals surface area contributed by atoms with Gasteiger partial charge in [0.15, 0.2) is 5.71 Å². The highest BCUT2D eigenvalue weighted by Gasteiger charge is 2.30. The first-order valence-electron chi connectivity index (χ1n) is 6.84. The second-order valence-electron chi connectivity index (χ2n) is 4.73. The van der Waals surface area contributed by atoms with Gasteiger partial charge in [-0.2, -0.15) is 13.2 Å². The maximum absolute atomic E-state index is 12.6. The van der Waals surface area contributed by atoms with Crippen molar-refractivity contribution in [1.82, 2.24) is 0 Å². The molecular formula is C17H14F3NO3. The fourth-order valence-electron chi connectivity index (χ4n) is 1.93. The van der Waals surface area contributed by atoms with E-state index in [1.165, 1.54) is 26.4 Å². The number of esters is 1. The Bertz CT molecular complexity index is 735. The Balaban J connectivity index is 2.41. The molecule has 2 rings (SSSR count). The zero-order chi connectivity index (χ0) is 17.7. The Morgan fingerprint density at radius 2 is 1.54 bits per heavy atom. The first kappa shape index (κ1) is 17.5. The first-order valence-corrected chi connectivity index (χ1v) is 6.84. The fourth-order valence-corrected chi connectivity index (χ4v) is 1.93. The van der Waals surface area contributed by atoms with Gasteiger partial charge in [-0.05, 0) is 36.4 Å². The molecule has 0 aliphatic carbocycles. The molecule has 0 radical (unpaired) electrons. The average molecular weight is 337 g/mol. The summed E-state index contributed by atoms with van der Waals surface area (Å²) in [6.45, 7) is 0. The maximum atomic E-state index is 12.6. The van der Waals surface area contributed by atoms with Crippen molar-refractivity contribution >= 4 is 17.4 Å². The summed E-state index contributed by atoms with van der Waals surface area (Å²) < 4.78 is 47.6. The minimum atomic E-state index is -4.45. The van der Waals surface area contributed by atoms with Crippen LogP contribution in [0.3, 0.4) is 0 Å². The zero-order valence-electron chi connectivity index (χ0n) is 12.9. The van der Waals surface area contributed by atoms with Crippen molar-refractivity contribution in [3.05, 3.63) is 59.7 Å². The van der Waals surface area contributed by atoms with Crippen molar-refractivity contribution in [2.75, 3.05) is 14.2 Å². The van der Waals surface area contributed by atoms with Crippen LogP contribution in [0, 0.1) is 0 Å². The Hall–Kier alpha value is -2.83. The van der Waals surface area contributed by atoms with Crippen LogP contribution in [-0.4, -0.2) is 25.9 Å². The fraction of sp³-hybridized carbons (Fsp3) is 0.176.